The lowest BCUT2D eigenvalue weighted by Crippen LogP contribution is -2.05. The van der Waals surface area contributed by atoms with Gasteiger partial charge in [0.25, 0.3) is 0 Å². The van der Waals surface area contributed by atoms with Gasteiger partial charge >= 0.3 is 0 Å². The quantitative estimate of drug-likeness (QED) is 0.685. The van der Waals surface area contributed by atoms with Gasteiger partial charge < -0.3 is 10.5 Å². The van der Waals surface area contributed by atoms with Crippen LogP contribution in [0.25, 0.3) is 0 Å². The smallest absolute Gasteiger partial charge is 0.213 e. The average Bonchev–Trinajstić information content (AvgIpc) is 2.42. The molecule has 0 saturated heterocycles. The molecule has 0 unspecified atom stereocenters. The lowest BCUT2D eigenvalue weighted by atomic mass is 10.1. The van der Waals surface area contributed by atoms with Gasteiger partial charge in [0.05, 0.1) is 6.61 Å². The van der Waals surface area contributed by atoms with Crippen molar-refractivity contribution in [3.63, 3.8) is 0 Å². The summed E-state index contributed by atoms with van der Waals surface area (Å²) in [5.41, 5.74) is 7.87. The highest BCUT2D eigenvalue weighted by Crippen LogP contribution is 2.19. The van der Waals surface area contributed by atoms with Crippen LogP contribution in [0.3, 0.4) is 0 Å². The van der Waals surface area contributed by atoms with E-state index in [1.807, 2.05) is 6.07 Å². The first-order chi connectivity index (χ1) is 9.17. The molecule has 2 N–H and O–H groups in total. The van der Waals surface area contributed by atoms with Gasteiger partial charge in [0.15, 0.2) is 0 Å². The average molecular weight is 264 g/mol. The Morgan fingerprint density at radius 3 is 2.53 bits per heavy atom. The third-order valence-electron chi connectivity index (χ3n) is 3.21. The maximum absolute atomic E-state index is 5.75. The molecule has 0 aliphatic rings. The van der Waals surface area contributed by atoms with Gasteiger partial charge in [-0.05, 0) is 24.0 Å². The minimum absolute atomic E-state index is 0.401. The van der Waals surface area contributed by atoms with E-state index in [2.05, 4.69) is 31.8 Å². The highest BCUT2D eigenvalue weighted by molar-refractivity contribution is 5.26. The number of hydrogen-bond acceptors (Lipinski definition) is 3. The van der Waals surface area contributed by atoms with Crippen LogP contribution in [0.2, 0.25) is 0 Å². The molecule has 0 fully saturated rings. The summed E-state index contributed by atoms with van der Waals surface area (Å²) in [5.74, 6) is 1.13. The van der Waals surface area contributed by atoms with Crippen LogP contribution in [-0.4, -0.2) is 11.6 Å². The van der Waals surface area contributed by atoms with Crippen molar-refractivity contribution in [3.05, 3.63) is 23.4 Å². The van der Waals surface area contributed by atoms with Crippen molar-refractivity contribution in [3.8, 4) is 5.88 Å². The molecular formula is C16H28N2O. The molecule has 0 atom stereocenters. The number of rotatable bonds is 9. The Labute approximate surface area is 117 Å². The Morgan fingerprint density at radius 1 is 1.16 bits per heavy atom. The predicted octanol–water partition coefficient (Wildman–Crippen LogP) is 4.01. The molecule has 0 aliphatic carbocycles. The maximum Gasteiger partial charge on any atom is 0.213 e. The Balaban J connectivity index is 2.46. The van der Waals surface area contributed by atoms with Gasteiger partial charge in [-0.1, -0.05) is 46.5 Å². The lowest BCUT2D eigenvalue weighted by molar-refractivity contribution is 0.292. The molecule has 1 aromatic rings. The van der Waals surface area contributed by atoms with Crippen LogP contribution in [0.1, 0.15) is 70.1 Å². The summed E-state index contributed by atoms with van der Waals surface area (Å²) >= 11 is 0. The van der Waals surface area contributed by atoms with E-state index in [0.29, 0.717) is 12.5 Å². The minimum atomic E-state index is 0.401. The van der Waals surface area contributed by atoms with E-state index >= 15 is 0 Å². The highest BCUT2D eigenvalue weighted by Gasteiger charge is 2.06. The first kappa shape index (κ1) is 16.0. The number of unbranched alkanes of at least 4 members (excludes halogenated alkanes) is 4. The fourth-order valence-corrected chi connectivity index (χ4v) is 1.95. The molecule has 0 aromatic carbocycles. The number of pyridine rings is 1. The summed E-state index contributed by atoms with van der Waals surface area (Å²) in [7, 11) is 0. The fourth-order valence-electron chi connectivity index (χ4n) is 1.95. The van der Waals surface area contributed by atoms with Crippen LogP contribution >= 0.6 is 0 Å². The second-order valence-corrected chi connectivity index (χ2v) is 5.36. The van der Waals surface area contributed by atoms with Crippen molar-refractivity contribution in [1.82, 2.24) is 4.98 Å². The third kappa shape index (κ3) is 6.06. The zero-order valence-corrected chi connectivity index (χ0v) is 12.6. The molecule has 0 saturated carbocycles. The largest absolute Gasteiger partial charge is 0.478 e. The minimum Gasteiger partial charge on any atom is -0.478 e. The summed E-state index contributed by atoms with van der Waals surface area (Å²) in [6.07, 6.45) is 6.23. The molecule has 0 spiro atoms. The molecule has 0 radical (unpaired) electrons. The number of aromatic nitrogens is 1. The topological polar surface area (TPSA) is 48.1 Å². The summed E-state index contributed by atoms with van der Waals surface area (Å²) in [4.78, 5) is 4.54. The zero-order chi connectivity index (χ0) is 14.1. The van der Waals surface area contributed by atoms with Gasteiger partial charge in [0.1, 0.15) is 0 Å². The number of hydrogen-bond donors (Lipinski definition) is 1. The molecule has 1 rings (SSSR count). The van der Waals surface area contributed by atoms with Crippen LogP contribution in [0.5, 0.6) is 5.88 Å². The van der Waals surface area contributed by atoms with Gasteiger partial charge in [-0.25, -0.2) is 4.98 Å². The molecule has 3 heteroatoms. The first-order valence-electron chi connectivity index (χ1n) is 7.51. The predicted molar refractivity (Wildman–Crippen MR) is 80.5 cm³/mol. The molecule has 1 aromatic heterocycles. The molecule has 0 bridgehead atoms. The monoisotopic (exact) mass is 264 g/mol. The van der Waals surface area contributed by atoms with E-state index in [4.69, 9.17) is 10.5 Å². The summed E-state index contributed by atoms with van der Waals surface area (Å²) in [5, 5.41) is 0. The van der Waals surface area contributed by atoms with Gasteiger partial charge in [-0.2, -0.15) is 0 Å². The van der Waals surface area contributed by atoms with Crippen molar-refractivity contribution in [1.29, 1.82) is 0 Å². The summed E-state index contributed by atoms with van der Waals surface area (Å²) in [6, 6.07) is 4.02. The van der Waals surface area contributed by atoms with E-state index in [9.17, 15) is 0 Å². The Bertz CT molecular complexity index is 364. The van der Waals surface area contributed by atoms with Crippen molar-refractivity contribution < 1.29 is 4.74 Å². The fraction of sp³-hybridized carbons (Fsp3) is 0.688. The van der Waals surface area contributed by atoms with Crippen LogP contribution in [0.4, 0.5) is 0 Å². The van der Waals surface area contributed by atoms with Crippen LogP contribution in [-0.2, 0) is 6.54 Å². The molecular weight excluding hydrogens is 236 g/mol. The van der Waals surface area contributed by atoms with E-state index in [1.54, 1.807) is 0 Å². The van der Waals surface area contributed by atoms with Gasteiger partial charge in [-0.3, -0.25) is 0 Å². The second kappa shape index (κ2) is 8.92. The molecule has 1 heterocycles. The van der Waals surface area contributed by atoms with Crippen molar-refractivity contribution in [2.24, 2.45) is 5.73 Å². The van der Waals surface area contributed by atoms with Gasteiger partial charge in [0, 0.05) is 18.3 Å². The van der Waals surface area contributed by atoms with Gasteiger partial charge in [0.2, 0.25) is 5.88 Å². The number of nitrogens with two attached hydrogens (primary N) is 1. The first-order valence-corrected chi connectivity index (χ1v) is 7.51. The van der Waals surface area contributed by atoms with Crippen LogP contribution in [0, 0.1) is 0 Å². The highest BCUT2D eigenvalue weighted by atomic mass is 16.5. The lowest BCUT2D eigenvalue weighted by Gasteiger charge is -2.11. The molecule has 3 nitrogen and oxygen atoms in total. The third-order valence-corrected chi connectivity index (χ3v) is 3.21. The molecule has 0 aliphatic heterocycles. The molecule has 19 heavy (non-hydrogen) atoms. The Morgan fingerprint density at radius 2 is 1.89 bits per heavy atom. The van der Waals surface area contributed by atoms with E-state index in [-0.39, 0.29) is 0 Å². The normalized spacial score (nSPS) is 11.0. The second-order valence-electron chi connectivity index (χ2n) is 5.36. The van der Waals surface area contributed by atoms with E-state index in [1.165, 1.54) is 25.7 Å². The SMILES string of the molecule is CCCCCCCOc1cc(CN)cc(C(C)C)n1. The van der Waals surface area contributed by atoms with Crippen molar-refractivity contribution in [2.45, 2.75) is 65.3 Å². The van der Waals surface area contributed by atoms with Crippen molar-refractivity contribution in [2.75, 3.05) is 6.61 Å². The molecule has 0 amide bonds. The van der Waals surface area contributed by atoms with Crippen LogP contribution < -0.4 is 10.5 Å². The Kier molecular flexibility index (Phi) is 7.49. The van der Waals surface area contributed by atoms with E-state index < -0.39 is 0 Å². The zero-order valence-electron chi connectivity index (χ0n) is 12.6. The summed E-state index contributed by atoms with van der Waals surface area (Å²) < 4.78 is 5.75. The number of nitrogens with zero attached hydrogens (tertiary/aromatic N) is 1. The van der Waals surface area contributed by atoms with E-state index in [0.717, 1.165) is 30.2 Å². The maximum atomic E-state index is 5.75. The van der Waals surface area contributed by atoms with Gasteiger partial charge in [-0.15, -0.1) is 0 Å². The summed E-state index contributed by atoms with van der Waals surface area (Å²) in [6.45, 7) is 7.79. The Hall–Kier alpha value is -1.09. The molecule has 108 valence electrons. The number of ether oxygens (including phenoxy) is 1. The standard InChI is InChI=1S/C16H28N2O/c1-4-5-6-7-8-9-19-16-11-14(12-17)10-15(18-16)13(2)3/h10-11,13H,4-9,12,17H2,1-3H3. The van der Waals surface area contributed by atoms with Crippen LogP contribution in [0.15, 0.2) is 12.1 Å². The van der Waals surface area contributed by atoms with Crippen molar-refractivity contribution >= 4 is 0 Å².